The molecule has 1 atom stereocenters. The molecule has 0 amide bonds. The van der Waals surface area contributed by atoms with Gasteiger partial charge in [-0.1, -0.05) is 56.3 Å². The molecular weight excluding hydrogens is 354 g/mol. The zero-order chi connectivity index (χ0) is 20.4. The Kier molecular flexibility index (Phi) is 9.28. The van der Waals surface area contributed by atoms with Crippen LogP contribution in [0.1, 0.15) is 25.0 Å². The number of hydrogen-bond donors (Lipinski definition) is 1. The van der Waals surface area contributed by atoms with E-state index in [9.17, 15) is 5.11 Å². The van der Waals surface area contributed by atoms with Gasteiger partial charge < -0.3 is 19.3 Å². The fraction of sp³-hybridized carbons (Fsp3) is 0.478. The summed E-state index contributed by atoms with van der Waals surface area (Å²) >= 11 is 0. The van der Waals surface area contributed by atoms with Crippen molar-refractivity contribution in [3.05, 3.63) is 59.7 Å². The van der Waals surface area contributed by atoms with Gasteiger partial charge in [0.1, 0.15) is 0 Å². The van der Waals surface area contributed by atoms with Gasteiger partial charge in [-0.3, -0.25) is 4.90 Å². The van der Waals surface area contributed by atoms with E-state index in [1.54, 1.807) is 14.2 Å². The Morgan fingerprint density at radius 2 is 1.64 bits per heavy atom. The zero-order valence-electron chi connectivity index (χ0n) is 17.4. The van der Waals surface area contributed by atoms with E-state index in [2.05, 4.69) is 30.9 Å². The van der Waals surface area contributed by atoms with Crippen LogP contribution in [0.5, 0.6) is 11.5 Å². The highest BCUT2D eigenvalue weighted by molar-refractivity contribution is 5.46. The quantitative estimate of drug-likeness (QED) is 0.601. The molecule has 154 valence electrons. The Balaban J connectivity index is 2.12. The minimum Gasteiger partial charge on any atom is -0.493 e. The van der Waals surface area contributed by atoms with Gasteiger partial charge in [-0.15, -0.1) is 0 Å². The summed E-state index contributed by atoms with van der Waals surface area (Å²) in [5.41, 5.74) is 2.22. The first-order valence-corrected chi connectivity index (χ1v) is 9.75. The fourth-order valence-corrected chi connectivity index (χ4v) is 3.14. The van der Waals surface area contributed by atoms with Crippen LogP contribution in [-0.2, 0) is 17.8 Å². The van der Waals surface area contributed by atoms with Gasteiger partial charge in [0, 0.05) is 31.8 Å². The van der Waals surface area contributed by atoms with Gasteiger partial charge in [-0.25, -0.2) is 0 Å². The molecule has 0 aliphatic rings. The molecule has 0 heterocycles. The molecule has 0 saturated carbocycles. The molecule has 0 aliphatic carbocycles. The lowest BCUT2D eigenvalue weighted by Gasteiger charge is -2.26. The summed E-state index contributed by atoms with van der Waals surface area (Å²) in [5, 5.41) is 10.5. The third-order valence-electron chi connectivity index (χ3n) is 4.36. The number of para-hydroxylation sites is 1. The lowest BCUT2D eigenvalue weighted by Crippen LogP contribution is -2.34. The van der Waals surface area contributed by atoms with Gasteiger partial charge in [0.05, 0.1) is 26.9 Å². The Bertz CT molecular complexity index is 690. The molecule has 28 heavy (non-hydrogen) atoms. The number of aliphatic hydroxyl groups is 1. The normalized spacial score (nSPS) is 12.4. The molecule has 5 nitrogen and oxygen atoms in total. The molecule has 0 fully saturated rings. The van der Waals surface area contributed by atoms with Crippen molar-refractivity contribution in [2.75, 3.05) is 34.0 Å². The molecule has 5 heteroatoms. The summed E-state index contributed by atoms with van der Waals surface area (Å²) in [4.78, 5) is 2.20. The second-order valence-corrected chi connectivity index (χ2v) is 7.39. The van der Waals surface area contributed by atoms with Crippen LogP contribution in [0.15, 0.2) is 48.5 Å². The molecule has 0 aliphatic heterocycles. The molecule has 0 unspecified atom stereocenters. The largest absolute Gasteiger partial charge is 0.493 e. The van der Waals surface area contributed by atoms with Gasteiger partial charge in [0.15, 0.2) is 11.5 Å². The topological polar surface area (TPSA) is 51.2 Å². The van der Waals surface area contributed by atoms with Crippen molar-refractivity contribution in [1.82, 2.24) is 4.90 Å². The smallest absolute Gasteiger partial charge is 0.165 e. The molecule has 0 radical (unpaired) electrons. The third kappa shape index (κ3) is 7.15. The van der Waals surface area contributed by atoms with E-state index >= 15 is 0 Å². The number of aliphatic hydroxyl groups excluding tert-OH is 1. The molecule has 0 bridgehead atoms. The van der Waals surface area contributed by atoms with Crippen LogP contribution in [0, 0.1) is 5.92 Å². The van der Waals surface area contributed by atoms with Crippen LogP contribution in [-0.4, -0.2) is 50.1 Å². The molecule has 0 saturated heterocycles. The minimum atomic E-state index is -0.556. The summed E-state index contributed by atoms with van der Waals surface area (Å²) in [6.45, 7) is 7.05. The molecular formula is C23H33NO4. The van der Waals surface area contributed by atoms with E-state index < -0.39 is 6.10 Å². The van der Waals surface area contributed by atoms with Crippen molar-refractivity contribution in [2.24, 2.45) is 5.92 Å². The Labute approximate surface area is 168 Å². The van der Waals surface area contributed by atoms with Crippen molar-refractivity contribution in [1.29, 1.82) is 0 Å². The molecule has 0 spiro atoms. The van der Waals surface area contributed by atoms with Gasteiger partial charge in [0.25, 0.3) is 0 Å². The van der Waals surface area contributed by atoms with E-state index in [-0.39, 0.29) is 0 Å². The Morgan fingerprint density at radius 3 is 2.29 bits per heavy atom. The van der Waals surface area contributed by atoms with Crippen molar-refractivity contribution in [3.8, 4) is 11.5 Å². The fourth-order valence-electron chi connectivity index (χ4n) is 3.14. The first-order chi connectivity index (χ1) is 13.5. The summed E-state index contributed by atoms with van der Waals surface area (Å²) < 4.78 is 16.6. The number of benzene rings is 2. The van der Waals surface area contributed by atoms with E-state index in [1.165, 1.54) is 5.56 Å². The van der Waals surface area contributed by atoms with E-state index in [1.807, 2.05) is 36.4 Å². The van der Waals surface area contributed by atoms with Gasteiger partial charge in [-0.2, -0.15) is 0 Å². The summed E-state index contributed by atoms with van der Waals surface area (Å²) in [5.74, 6) is 1.89. The maximum Gasteiger partial charge on any atom is 0.165 e. The van der Waals surface area contributed by atoms with Crippen molar-refractivity contribution in [2.45, 2.75) is 33.0 Å². The van der Waals surface area contributed by atoms with E-state index in [0.29, 0.717) is 38.0 Å². The number of hydrogen-bond acceptors (Lipinski definition) is 5. The molecule has 2 aromatic carbocycles. The second kappa shape index (κ2) is 11.7. The standard InChI is InChI=1S/C23H33NO4/c1-18(2)16-28-17-21(25)15-24(13-19-9-6-5-7-10-19)14-20-11-8-12-22(26-3)23(20)27-4/h5-12,18,21,25H,13-17H2,1-4H3/t21-/m0/s1. The molecule has 0 aromatic heterocycles. The van der Waals surface area contributed by atoms with E-state index in [4.69, 9.17) is 14.2 Å². The van der Waals surface area contributed by atoms with Crippen molar-refractivity contribution in [3.63, 3.8) is 0 Å². The van der Waals surface area contributed by atoms with Crippen LogP contribution in [0.3, 0.4) is 0 Å². The van der Waals surface area contributed by atoms with Crippen LogP contribution >= 0.6 is 0 Å². The molecule has 1 N–H and O–H groups in total. The van der Waals surface area contributed by atoms with Crippen molar-refractivity contribution >= 4 is 0 Å². The maximum absolute atomic E-state index is 10.5. The monoisotopic (exact) mass is 387 g/mol. The Morgan fingerprint density at radius 1 is 0.893 bits per heavy atom. The van der Waals surface area contributed by atoms with E-state index in [0.717, 1.165) is 17.9 Å². The minimum absolute atomic E-state index is 0.332. The SMILES string of the molecule is COc1cccc(CN(Cc2ccccc2)C[C@H](O)COCC(C)C)c1OC. The molecule has 2 aromatic rings. The highest BCUT2D eigenvalue weighted by atomic mass is 16.5. The predicted molar refractivity (Wildman–Crippen MR) is 112 cm³/mol. The lowest BCUT2D eigenvalue weighted by atomic mass is 10.1. The second-order valence-electron chi connectivity index (χ2n) is 7.39. The van der Waals surface area contributed by atoms with Gasteiger partial charge >= 0.3 is 0 Å². The maximum atomic E-state index is 10.5. The number of ether oxygens (including phenoxy) is 3. The van der Waals surface area contributed by atoms with Crippen LogP contribution in [0.4, 0.5) is 0 Å². The van der Waals surface area contributed by atoms with Crippen molar-refractivity contribution < 1.29 is 19.3 Å². The summed E-state index contributed by atoms with van der Waals surface area (Å²) in [6, 6.07) is 16.1. The zero-order valence-corrected chi connectivity index (χ0v) is 17.4. The number of methoxy groups -OCH3 is 2. The average molecular weight is 388 g/mol. The first kappa shape index (κ1) is 22.2. The average Bonchev–Trinajstić information content (AvgIpc) is 2.68. The predicted octanol–water partition coefficient (Wildman–Crippen LogP) is 3.74. The number of rotatable bonds is 12. The Hall–Kier alpha value is -2.08. The van der Waals surface area contributed by atoms with Crippen LogP contribution < -0.4 is 9.47 Å². The highest BCUT2D eigenvalue weighted by Gasteiger charge is 2.17. The van der Waals surface area contributed by atoms with Crippen LogP contribution in [0.25, 0.3) is 0 Å². The third-order valence-corrected chi connectivity index (χ3v) is 4.36. The number of nitrogens with zero attached hydrogens (tertiary/aromatic N) is 1. The highest BCUT2D eigenvalue weighted by Crippen LogP contribution is 2.31. The summed E-state index contributed by atoms with van der Waals surface area (Å²) in [7, 11) is 3.29. The summed E-state index contributed by atoms with van der Waals surface area (Å²) in [6.07, 6.45) is -0.556. The van der Waals surface area contributed by atoms with Crippen LogP contribution in [0.2, 0.25) is 0 Å². The molecule has 2 rings (SSSR count). The lowest BCUT2D eigenvalue weighted by molar-refractivity contribution is 0.00544. The van der Waals surface area contributed by atoms with Gasteiger partial charge in [-0.05, 0) is 17.5 Å². The van der Waals surface area contributed by atoms with Gasteiger partial charge in [0.2, 0.25) is 0 Å². The first-order valence-electron chi connectivity index (χ1n) is 9.75.